The summed E-state index contributed by atoms with van der Waals surface area (Å²) in [5, 5.41) is 0. The standard InChI is InChI=1S/C19H21N/c20-19-11-10-17-16(8-3-9-18(17)19)15-7-2-6-14(12-15)13-4-1-5-13/h2-3,6-9,12-13,19H,1,4-5,10-11,20H2. The monoisotopic (exact) mass is 263 g/mol. The van der Waals surface area contributed by atoms with Gasteiger partial charge in [-0.25, -0.2) is 0 Å². The van der Waals surface area contributed by atoms with Crippen molar-refractivity contribution in [2.75, 3.05) is 0 Å². The topological polar surface area (TPSA) is 26.0 Å². The van der Waals surface area contributed by atoms with Gasteiger partial charge in [0.15, 0.2) is 0 Å². The molecular formula is C19H21N. The predicted octanol–water partition coefficient (Wildman–Crippen LogP) is 4.57. The Balaban J connectivity index is 1.78. The lowest BCUT2D eigenvalue weighted by molar-refractivity contribution is 0.420. The van der Waals surface area contributed by atoms with E-state index in [0.717, 1.165) is 18.8 Å². The Morgan fingerprint density at radius 1 is 0.950 bits per heavy atom. The molecule has 0 saturated heterocycles. The molecular weight excluding hydrogens is 242 g/mol. The molecule has 0 heterocycles. The van der Waals surface area contributed by atoms with Crippen LogP contribution >= 0.6 is 0 Å². The van der Waals surface area contributed by atoms with Crippen LogP contribution in [0.15, 0.2) is 42.5 Å². The number of fused-ring (bicyclic) bond motifs is 1. The molecule has 1 saturated carbocycles. The van der Waals surface area contributed by atoms with Crippen LogP contribution in [0.4, 0.5) is 0 Å². The fraction of sp³-hybridized carbons (Fsp3) is 0.368. The van der Waals surface area contributed by atoms with E-state index in [9.17, 15) is 0 Å². The Morgan fingerprint density at radius 3 is 2.60 bits per heavy atom. The van der Waals surface area contributed by atoms with E-state index in [-0.39, 0.29) is 6.04 Å². The minimum atomic E-state index is 0.236. The third-order valence-electron chi connectivity index (χ3n) is 5.09. The molecule has 0 aliphatic heterocycles. The van der Waals surface area contributed by atoms with Crippen molar-refractivity contribution in [2.24, 2.45) is 5.73 Å². The summed E-state index contributed by atoms with van der Waals surface area (Å²) in [4.78, 5) is 0. The second kappa shape index (κ2) is 4.75. The van der Waals surface area contributed by atoms with Crippen LogP contribution < -0.4 is 5.73 Å². The molecule has 2 N–H and O–H groups in total. The number of nitrogens with two attached hydrogens (primary N) is 1. The highest BCUT2D eigenvalue weighted by atomic mass is 14.6. The van der Waals surface area contributed by atoms with Crippen molar-refractivity contribution in [1.29, 1.82) is 0 Å². The average Bonchev–Trinajstić information content (AvgIpc) is 2.79. The minimum Gasteiger partial charge on any atom is -0.324 e. The second-order valence-corrected chi connectivity index (χ2v) is 6.27. The lowest BCUT2D eigenvalue weighted by atomic mass is 9.79. The fourth-order valence-electron chi connectivity index (χ4n) is 3.66. The molecule has 20 heavy (non-hydrogen) atoms. The molecule has 4 rings (SSSR count). The van der Waals surface area contributed by atoms with Crippen LogP contribution in [0.3, 0.4) is 0 Å². The van der Waals surface area contributed by atoms with Crippen molar-refractivity contribution in [3.05, 3.63) is 59.2 Å². The van der Waals surface area contributed by atoms with Gasteiger partial charge < -0.3 is 5.73 Å². The van der Waals surface area contributed by atoms with Crippen LogP contribution in [0.1, 0.15) is 54.3 Å². The minimum absolute atomic E-state index is 0.236. The van der Waals surface area contributed by atoms with Gasteiger partial charge in [-0.3, -0.25) is 0 Å². The maximum Gasteiger partial charge on any atom is 0.0300 e. The summed E-state index contributed by atoms with van der Waals surface area (Å²) < 4.78 is 0. The Morgan fingerprint density at radius 2 is 1.80 bits per heavy atom. The van der Waals surface area contributed by atoms with Gasteiger partial charge in [-0.15, -0.1) is 0 Å². The first kappa shape index (κ1) is 12.2. The van der Waals surface area contributed by atoms with Gasteiger partial charge >= 0.3 is 0 Å². The molecule has 102 valence electrons. The molecule has 0 amide bonds. The average molecular weight is 263 g/mol. The van der Waals surface area contributed by atoms with Crippen LogP contribution in [0.25, 0.3) is 11.1 Å². The molecule has 1 fully saturated rings. The lowest BCUT2D eigenvalue weighted by Gasteiger charge is -2.26. The van der Waals surface area contributed by atoms with Crippen molar-refractivity contribution in [3.8, 4) is 11.1 Å². The van der Waals surface area contributed by atoms with Gasteiger partial charge in [-0.2, -0.15) is 0 Å². The summed E-state index contributed by atoms with van der Waals surface area (Å²) in [7, 11) is 0. The Labute approximate surface area is 120 Å². The maximum absolute atomic E-state index is 6.20. The van der Waals surface area contributed by atoms with Gasteiger partial charge in [0.1, 0.15) is 0 Å². The molecule has 1 nitrogen and oxygen atoms in total. The van der Waals surface area contributed by atoms with Crippen molar-refractivity contribution < 1.29 is 0 Å². The summed E-state index contributed by atoms with van der Waals surface area (Å²) in [5.74, 6) is 0.800. The van der Waals surface area contributed by atoms with Gasteiger partial charge in [-0.05, 0) is 59.4 Å². The number of rotatable bonds is 2. The van der Waals surface area contributed by atoms with Crippen LogP contribution in [0.5, 0.6) is 0 Å². The SMILES string of the molecule is NC1CCc2c(-c3cccc(C4CCC4)c3)cccc21. The molecule has 2 aliphatic carbocycles. The van der Waals surface area contributed by atoms with Gasteiger partial charge in [0, 0.05) is 6.04 Å². The summed E-state index contributed by atoms with van der Waals surface area (Å²) in [6, 6.07) is 16.0. The highest BCUT2D eigenvalue weighted by Crippen LogP contribution is 2.40. The molecule has 2 aromatic rings. The van der Waals surface area contributed by atoms with Gasteiger partial charge in [0.25, 0.3) is 0 Å². The van der Waals surface area contributed by atoms with E-state index in [4.69, 9.17) is 5.73 Å². The van der Waals surface area contributed by atoms with Crippen molar-refractivity contribution in [1.82, 2.24) is 0 Å². The summed E-state index contributed by atoms with van der Waals surface area (Å²) in [6.07, 6.45) is 6.34. The van der Waals surface area contributed by atoms with E-state index < -0.39 is 0 Å². The van der Waals surface area contributed by atoms with Crippen LogP contribution in [0, 0.1) is 0 Å². The highest BCUT2D eigenvalue weighted by Gasteiger charge is 2.23. The summed E-state index contributed by atoms with van der Waals surface area (Å²) >= 11 is 0. The van der Waals surface area contributed by atoms with Crippen molar-refractivity contribution in [2.45, 2.75) is 44.1 Å². The molecule has 1 unspecified atom stereocenters. The maximum atomic E-state index is 6.20. The van der Waals surface area contributed by atoms with Crippen molar-refractivity contribution >= 4 is 0 Å². The zero-order chi connectivity index (χ0) is 13.5. The van der Waals surface area contributed by atoms with Crippen LogP contribution in [-0.2, 0) is 6.42 Å². The molecule has 1 heteroatoms. The number of hydrogen-bond donors (Lipinski definition) is 1. The molecule has 0 spiro atoms. The smallest absolute Gasteiger partial charge is 0.0300 e. The quantitative estimate of drug-likeness (QED) is 0.844. The zero-order valence-electron chi connectivity index (χ0n) is 11.8. The largest absolute Gasteiger partial charge is 0.324 e. The third kappa shape index (κ3) is 1.89. The van der Waals surface area contributed by atoms with E-state index in [1.807, 2.05) is 0 Å². The van der Waals surface area contributed by atoms with E-state index in [1.54, 1.807) is 0 Å². The third-order valence-corrected chi connectivity index (χ3v) is 5.09. The molecule has 2 aromatic carbocycles. The highest BCUT2D eigenvalue weighted by molar-refractivity contribution is 5.70. The van der Waals surface area contributed by atoms with E-state index in [0.29, 0.717) is 0 Å². The fourth-order valence-corrected chi connectivity index (χ4v) is 3.66. The van der Waals surface area contributed by atoms with Gasteiger partial charge in [0.2, 0.25) is 0 Å². The van der Waals surface area contributed by atoms with E-state index in [2.05, 4.69) is 42.5 Å². The molecule has 2 aliphatic rings. The predicted molar refractivity (Wildman–Crippen MR) is 83.7 cm³/mol. The zero-order valence-corrected chi connectivity index (χ0v) is 11.8. The van der Waals surface area contributed by atoms with Crippen LogP contribution in [0.2, 0.25) is 0 Å². The van der Waals surface area contributed by atoms with Crippen molar-refractivity contribution in [3.63, 3.8) is 0 Å². The first-order chi connectivity index (χ1) is 9.83. The first-order valence-corrected chi connectivity index (χ1v) is 7.80. The number of hydrogen-bond acceptors (Lipinski definition) is 1. The molecule has 0 aromatic heterocycles. The Kier molecular flexibility index (Phi) is 2.89. The molecule has 1 atom stereocenters. The normalized spacial score (nSPS) is 21.6. The number of benzene rings is 2. The molecule has 0 radical (unpaired) electrons. The van der Waals surface area contributed by atoms with Crippen LogP contribution in [-0.4, -0.2) is 0 Å². The lowest BCUT2D eigenvalue weighted by Crippen LogP contribution is -2.08. The van der Waals surface area contributed by atoms with Gasteiger partial charge in [0.05, 0.1) is 0 Å². The summed E-state index contributed by atoms with van der Waals surface area (Å²) in [5.41, 5.74) is 13.3. The Hall–Kier alpha value is -1.60. The van der Waals surface area contributed by atoms with Gasteiger partial charge in [-0.1, -0.05) is 48.9 Å². The summed E-state index contributed by atoms with van der Waals surface area (Å²) in [6.45, 7) is 0. The van der Waals surface area contributed by atoms with E-state index in [1.165, 1.54) is 47.1 Å². The second-order valence-electron chi connectivity index (χ2n) is 6.27. The molecule has 0 bridgehead atoms. The first-order valence-electron chi connectivity index (χ1n) is 7.80. The Bertz CT molecular complexity index is 640. The van der Waals surface area contributed by atoms with E-state index >= 15 is 0 Å².